The molecule has 122 valence electrons. The zero-order valence-electron chi connectivity index (χ0n) is 13.7. The molecule has 0 saturated heterocycles. The van der Waals surface area contributed by atoms with Crippen LogP contribution in [-0.4, -0.2) is 28.6 Å². The van der Waals surface area contributed by atoms with Crippen LogP contribution in [0, 0.1) is 0 Å². The summed E-state index contributed by atoms with van der Waals surface area (Å²) in [6.45, 7) is 7.29. The number of carboxylic acids is 1. The van der Waals surface area contributed by atoms with Gasteiger partial charge in [-0.25, -0.2) is 4.79 Å². The molecular formula is C17H25NO4. The van der Waals surface area contributed by atoms with Gasteiger partial charge >= 0.3 is 5.97 Å². The predicted molar refractivity (Wildman–Crippen MR) is 85.0 cm³/mol. The highest BCUT2D eigenvalue weighted by Gasteiger charge is 2.33. The molecule has 1 aromatic rings. The number of nitrogens with one attached hydrogen (secondary N) is 1. The molecule has 0 radical (unpaired) electrons. The van der Waals surface area contributed by atoms with E-state index >= 15 is 0 Å². The topological polar surface area (TPSA) is 75.6 Å². The molecule has 0 bridgehead atoms. The van der Waals surface area contributed by atoms with Crippen LogP contribution in [0.4, 0.5) is 0 Å². The van der Waals surface area contributed by atoms with Gasteiger partial charge in [-0.05, 0) is 44.9 Å². The summed E-state index contributed by atoms with van der Waals surface area (Å²) < 4.78 is 5.59. The van der Waals surface area contributed by atoms with Crippen molar-refractivity contribution < 1.29 is 19.4 Å². The van der Waals surface area contributed by atoms with Crippen LogP contribution in [0.2, 0.25) is 0 Å². The van der Waals surface area contributed by atoms with Crippen LogP contribution in [-0.2, 0) is 16.0 Å². The monoisotopic (exact) mass is 307 g/mol. The van der Waals surface area contributed by atoms with E-state index < -0.39 is 11.5 Å². The highest BCUT2D eigenvalue weighted by Crippen LogP contribution is 2.17. The Kier molecular flexibility index (Phi) is 6.40. The minimum Gasteiger partial charge on any atom is -0.491 e. The zero-order chi connectivity index (χ0) is 16.8. The molecule has 1 rings (SSSR count). The fourth-order valence-electron chi connectivity index (χ4n) is 2.26. The summed E-state index contributed by atoms with van der Waals surface area (Å²) in [5.41, 5.74) is -0.433. The maximum absolute atomic E-state index is 12.1. The molecule has 1 amide bonds. The average molecular weight is 307 g/mol. The number of hydrogen-bond donors (Lipinski definition) is 2. The van der Waals surface area contributed by atoms with Gasteiger partial charge in [0.05, 0.1) is 12.5 Å². The smallest absolute Gasteiger partial charge is 0.329 e. The van der Waals surface area contributed by atoms with Crippen molar-refractivity contribution in [3.8, 4) is 5.75 Å². The minimum absolute atomic E-state index is 0.0592. The van der Waals surface area contributed by atoms with Gasteiger partial charge in [-0.3, -0.25) is 4.79 Å². The highest BCUT2D eigenvalue weighted by atomic mass is 16.5. The second-order valence-corrected chi connectivity index (χ2v) is 5.93. The summed E-state index contributed by atoms with van der Waals surface area (Å²) in [5, 5.41) is 11.9. The van der Waals surface area contributed by atoms with E-state index in [2.05, 4.69) is 5.32 Å². The maximum Gasteiger partial charge on any atom is 0.329 e. The van der Waals surface area contributed by atoms with E-state index in [1.54, 1.807) is 6.07 Å². The molecule has 0 aromatic heterocycles. The van der Waals surface area contributed by atoms with E-state index in [0.29, 0.717) is 18.6 Å². The van der Waals surface area contributed by atoms with Gasteiger partial charge in [0.25, 0.3) is 0 Å². The van der Waals surface area contributed by atoms with E-state index in [9.17, 15) is 14.7 Å². The van der Waals surface area contributed by atoms with E-state index in [4.69, 9.17) is 4.74 Å². The van der Waals surface area contributed by atoms with Crippen molar-refractivity contribution in [2.24, 2.45) is 0 Å². The van der Waals surface area contributed by atoms with Crippen molar-refractivity contribution in [2.75, 3.05) is 0 Å². The molecule has 0 fully saturated rings. The third kappa shape index (κ3) is 5.39. The molecule has 22 heavy (non-hydrogen) atoms. The first-order chi connectivity index (χ1) is 10.3. The minimum atomic E-state index is -1.22. The van der Waals surface area contributed by atoms with Crippen molar-refractivity contribution in [2.45, 2.75) is 58.6 Å². The van der Waals surface area contributed by atoms with Crippen LogP contribution < -0.4 is 10.1 Å². The third-order valence-electron chi connectivity index (χ3n) is 3.27. The first-order valence-electron chi connectivity index (χ1n) is 7.57. The largest absolute Gasteiger partial charge is 0.491 e. The van der Waals surface area contributed by atoms with Gasteiger partial charge in [0.2, 0.25) is 5.91 Å². The molecule has 0 spiro atoms. The third-order valence-corrected chi connectivity index (χ3v) is 3.27. The number of aliphatic carboxylic acids is 1. The summed E-state index contributed by atoms with van der Waals surface area (Å²) in [7, 11) is 0. The summed E-state index contributed by atoms with van der Waals surface area (Å²) in [6.07, 6.45) is 1.26. The first-order valence-corrected chi connectivity index (χ1v) is 7.57. The lowest BCUT2D eigenvalue weighted by molar-refractivity contribution is -0.147. The van der Waals surface area contributed by atoms with Gasteiger partial charge in [-0.1, -0.05) is 25.5 Å². The number of benzene rings is 1. The predicted octanol–water partition coefficient (Wildman–Crippen LogP) is 2.78. The summed E-state index contributed by atoms with van der Waals surface area (Å²) >= 11 is 0. The highest BCUT2D eigenvalue weighted by molar-refractivity contribution is 5.87. The Hall–Kier alpha value is -2.04. The number of amides is 1. The van der Waals surface area contributed by atoms with E-state index in [1.807, 2.05) is 39.0 Å². The second-order valence-electron chi connectivity index (χ2n) is 5.93. The van der Waals surface area contributed by atoms with Crippen LogP contribution in [0.5, 0.6) is 5.75 Å². The molecule has 1 aromatic carbocycles. The van der Waals surface area contributed by atoms with Crippen LogP contribution >= 0.6 is 0 Å². The van der Waals surface area contributed by atoms with Crippen LogP contribution in [0.15, 0.2) is 24.3 Å². The van der Waals surface area contributed by atoms with Gasteiger partial charge < -0.3 is 15.2 Å². The number of carbonyl (C=O) groups excluding carboxylic acids is 1. The summed E-state index contributed by atoms with van der Waals surface area (Å²) in [6, 6.07) is 7.28. The Labute approximate surface area is 131 Å². The molecule has 2 N–H and O–H groups in total. The number of rotatable bonds is 8. The van der Waals surface area contributed by atoms with Gasteiger partial charge in [0.15, 0.2) is 0 Å². The normalized spacial score (nSPS) is 13.5. The van der Waals surface area contributed by atoms with Gasteiger partial charge in [-0.15, -0.1) is 0 Å². The van der Waals surface area contributed by atoms with Crippen LogP contribution in [0.1, 0.15) is 46.1 Å². The van der Waals surface area contributed by atoms with Crippen LogP contribution in [0.25, 0.3) is 0 Å². The molecule has 0 aliphatic carbocycles. The van der Waals surface area contributed by atoms with Crippen molar-refractivity contribution >= 4 is 11.9 Å². The Morgan fingerprint density at radius 1 is 1.36 bits per heavy atom. The number of carboxylic acid groups (broad SMARTS) is 1. The summed E-state index contributed by atoms with van der Waals surface area (Å²) in [4.78, 5) is 23.5. The molecule has 5 nitrogen and oxygen atoms in total. The molecule has 0 saturated carbocycles. The lowest BCUT2D eigenvalue weighted by Crippen LogP contribution is -2.52. The van der Waals surface area contributed by atoms with Crippen molar-refractivity contribution in [3.05, 3.63) is 29.8 Å². The standard InChI is InChI=1S/C17H25NO4/c1-5-9-17(4,16(20)21)18-15(19)11-13-7-6-8-14(10-13)22-12(2)3/h6-8,10,12H,5,9,11H2,1-4H3,(H,18,19)(H,20,21). The van der Waals surface area contributed by atoms with Gasteiger partial charge in [0, 0.05) is 0 Å². The van der Waals surface area contributed by atoms with Gasteiger partial charge in [-0.2, -0.15) is 0 Å². The van der Waals surface area contributed by atoms with E-state index in [0.717, 1.165) is 5.56 Å². The number of hydrogen-bond acceptors (Lipinski definition) is 3. The maximum atomic E-state index is 12.1. The Balaban J connectivity index is 2.74. The molecule has 0 heterocycles. The average Bonchev–Trinajstić information content (AvgIpc) is 2.37. The molecule has 5 heteroatoms. The number of ether oxygens (including phenoxy) is 1. The van der Waals surface area contributed by atoms with Crippen molar-refractivity contribution in [1.29, 1.82) is 0 Å². The first kappa shape index (κ1) is 18.0. The van der Waals surface area contributed by atoms with E-state index in [1.165, 1.54) is 6.92 Å². The van der Waals surface area contributed by atoms with Crippen molar-refractivity contribution in [1.82, 2.24) is 5.32 Å². The molecule has 0 aliphatic heterocycles. The van der Waals surface area contributed by atoms with E-state index in [-0.39, 0.29) is 18.4 Å². The Morgan fingerprint density at radius 3 is 2.59 bits per heavy atom. The fourth-order valence-corrected chi connectivity index (χ4v) is 2.26. The quantitative estimate of drug-likeness (QED) is 0.774. The zero-order valence-corrected chi connectivity index (χ0v) is 13.7. The summed E-state index contributed by atoms with van der Waals surface area (Å²) in [5.74, 6) is -0.616. The van der Waals surface area contributed by atoms with Gasteiger partial charge in [0.1, 0.15) is 11.3 Å². The molecule has 1 unspecified atom stereocenters. The lowest BCUT2D eigenvalue weighted by Gasteiger charge is -2.25. The lowest BCUT2D eigenvalue weighted by atomic mass is 9.96. The SMILES string of the molecule is CCCC(C)(NC(=O)Cc1cccc(OC(C)C)c1)C(=O)O. The molecular weight excluding hydrogens is 282 g/mol. The number of carbonyl (C=O) groups is 2. The van der Waals surface area contributed by atoms with Crippen LogP contribution in [0.3, 0.4) is 0 Å². The Bertz CT molecular complexity index is 527. The fraction of sp³-hybridized carbons (Fsp3) is 0.529. The second kappa shape index (κ2) is 7.82. The van der Waals surface area contributed by atoms with Crippen molar-refractivity contribution in [3.63, 3.8) is 0 Å². The Morgan fingerprint density at radius 2 is 2.05 bits per heavy atom. The molecule has 1 atom stereocenters. The molecule has 0 aliphatic rings.